The Morgan fingerprint density at radius 3 is 2.33 bits per heavy atom. The van der Waals surface area contributed by atoms with E-state index in [0.29, 0.717) is 0 Å². The first-order chi connectivity index (χ1) is 9.85. The fourth-order valence-electron chi connectivity index (χ4n) is 1.88. The van der Waals surface area contributed by atoms with Crippen molar-refractivity contribution in [1.82, 2.24) is 10.3 Å². The Kier molecular flexibility index (Phi) is 4.84. The Balaban J connectivity index is 2.21. The second-order valence-electron chi connectivity index (χ2n) is 4.74. The molecular formula is C14H15F3N2OS. The quantitative estimate of drug-likeness (QED) is 0.900. The number of nitrogens with one attached hydrogen (secondary N) is 1. The third-order valence-corrected chi connectivity index (χ3v) is 3.49. The maximum absolute atomic E-state index is 12.2. The SMILES string of the molecule is CC(C)NC(c1ccc(OC(F)(F)F)cc1)c1nccs1. The van der Waals surface area contributed by atoms with Crippen molar-refractivity contribution in [1.29, 1.82) is 0 Å². The van der Waals surface area contributed by atoms with Gasteiger partial charge in [-0.15, -0.1) is 24.5 Å². The van der Waals surface area contributed by atoms with Crippen molar-refractivity contribution >= 4 is 11.3 Å². The van der Waals surface area contributed by atoms with Crippen LogP contribution in [0.2, 0.25) is 0 Å². The highest BCUT2D eigenvalue weighted by molar-refractivity contribution is 7.09. The molecular weight excluding hydrogens is 301 g/mol. The molecule has 0 spiro atoms. The lowest BCUT2D eigenvalue weighted by Gasteiger charge is -2.20. The number of rotatable bonds is 5. The number of thiazole rings is 1. The van der Waals surface area contributed by atoms with Crippen molar-refractivity contribution in [3.8, 4) is 5.75 Å². The highest BCUT2D eigenvalue weighted by Gasteiger charge is 2.31. The van der Waals surface area contributed by atoms with Crippen LogP contribution in [-0.2, 0) is 0 Å². The van der Waals surface area contributed by atoms with Crippen LogP contribution >= 0.6 is 11.3 Å². The third-order valence-electron chi connectivity index (χ3n) is 2.65. The number of benzene rings is 1. The first-order valence-electron chi connectivity index (χ1n) is 6.36. The summed E-state index contributed by atoms with van der Waals surface area (Å²) in [5.74, 6) is -0.228. The molecule has 1 aromatic carbocycles. The lowest BCUT2D eigenvalue weighted by Crippen LogP contribution is -2.28. The summed E-state index contributed by atoms with van der Waals surface area (Å²) in [7, 11) is 0. The summed E-state index contributed by atoms with van der Waals surface area (Å²) in [5, 5.41) is 6.09. The van der Waals surface area contributed by atoms with Gasteiger partial charge in [0.05, 0.1) is 6.04 Å². The smallest absolute Gasteiger partial charge is 0.406 e. The Hall–Kier alpha value is -1.60. The van der Waals surface area contributed by atoms with Gasteiger partial charge in [0.2, 0.25) is 0 Å². The van der Waals surface area contributed by atoms with Crippen LogP contribution < -0.4 is 10.1 Å². The van der Waals surface area contributed by atoms with Crippen LogP contribution in [0.4, 0.5) is 13.2 Å². The van der Waals surface area contributed by atoms with Crippen LogP contribution in [0.5, 0.6) is 5.75 Å². The largest absolute Gasteiger partial charge is 0.573 e. The van der Waals surface area contributed by atoms with Crippen LogP contribution in [0.25, 0.3) is 0 Å². The van der Waals surface area contributed by atoms with Crippen molar-refractivity contribution in [3.05, 3.63) is 46.4 Å². The number of alkyl halides is 3. The summed E-state index contributed by atoms with van der Waals surface area (Å²) in [6.45, 7) is 4.00. The van der Waals surface area contributed by atoms with E-state index in [1.54, 1.807) is 18.3 Å². The lowest BCUT2D eigenvalue weighted by molar-refractivity contribution is -0.274. The Bertz CT molecular complexity index is 553. The lowest BCUT2D eigenvalue weighted by atomic mass is 10.1. The fraction of sp³-hybridized carbons (Fsp3) is 0.357. The van der Waals surface area contributed by atoms with Crippen molar-refractivity contribution in [3.63, 3.8) is 0 Å². The van der Waals surface area contributed by atoms with Crippen LogP contribution in [-0.4, -0.2) is 17.4 Å². The van der Waals surface area contributed by atoms with Gasteiger partial charge in [-0.05, 0) is 31.5 Å². The molecule has 3 nitrogen and oxygen atoms in total. The van der Waals surface area contributed by atoms with E-state index in [4.69, 9.17) is 0 Å². The standard InChI is InChI=1S/C14H15F3N2OS/c1-9(2)19-12(13-18-7-8-21-13)10-3-5-11(6-4-10)20-14(15,16)17/h3-9,12,19H,1-2H3. The van der Waals surface area contributed by atoms with E-state index in [9.17, 15) is 13.2 Å². The minimum absolute atomic E-state index is 0.148. The Labute approximate surface area is 124 Å². The molecule has 21 heavy (non-hydrogen) atoms. The van der Waals surface area contributed by atoms with E-state index < -0.39 is 6.36 Å². The molecule has 1 aromatic heterocycles. The molecule has 2 rings (SSSR count). The summed E-state index contributed by atoms with van der Waals surface area (Å²) >= 11 is 1.50. The zero-order valence-electron chi connectivity index (χ0n) is 11.5. The normalized spacial score (nSPS) is 13.4. The van der Waals surface area contributed by atoms with Crippen LogP contribution in [0.1, 0.15) is 30.5 Å². The molecule has 0 radical (unpaired) electrons. The monoisotopic (exact) mass is 316 g/mol. The number of nitrogens with zero attached hydrogens (tertiary/aromatic N) is 1. The Morgan fingerprint density at radius 2 is 1.86 bits per heavy atom. The van der Waals surface area contributed by atoms with Gasteiger partial charge in [0, 0.05) is 17.6 Å². The molecule has 0 bridgehead atoms. The van der Waals surface area contributed by atoms with Crippen molar-refractivity contribution in [2.24, 2.45) is 0 Å². The van der Waals surface area contributed by atoms with Crippen LogP contribution in [0.3, 0.4) is 0 Å². The molecule has 1 N–H and O–H groups in total. The van der Waals surface area contributed by atoms with Gasteiger partial charge >= 0.3 is 6.36 Å². The van der Waals surface area contributed by atoms with Gasteiger partial charge < -0.3 is 10.1 Å². The minimum atomic E-state index is -4.67. The fourth-order valence-corrected chi connectivity index (χ4v) is 2.61. The zero-order chi connectivity index (χ0) is 15.5. The second kappa shape index (κ2) is 6.44. The Morgan fingerprint density at radius 1 is 1.19 bits per heavy atom. The summed E-state index contributed by atoms with van der Waals surface area (Å²) < 4.78 is 40.3. The van der Waals surface area contributed by atoms with Gasteiger partial charge in [-0.1, -0.05) is 12.1 Å². The molecule has 1 heterocycles. The number of halogens is 3. The van der Waals surface area contributed by atoms with E-state index in [2.05, 4.69) is 15.0 Å². The predicted octanol–water partition coefficient (Wildman–Crippen LogP) is 4.13. The van der Waals surface area contributed by atoms with Crippen LogP contribution in [0, 0.1) is 0 Å². The van der Waals surface area contributed by atoms with E-state index in [-0.39, 0.29) is 17.8 Å². The summed E-state index contributed by atoms with van der Waals surface area (Å²) in [5.41, 5.74) is 0.841. The molecule has 0 aliphatic heterocycles. The molecule has 0 aliphatic rings. The second-order valence-corrected chi connectivity index (χ2v) is 5.67. The van der Waals surface area contributed by atoms with Gasteiger partial charge in [0.25, 0.3) is 0 Å². The van der Waals surface area contributed by atoms with Gasteiger partial charge in [0.1, 0.15) is 10.8 Å². The first kappa shape index (κ1) is 15.8. The third kappa shape index (κ3) is 4.71. The van der Waals surface area contributed by atoms with Gasteiger partial charge in [-0.3, -0.25) is 0 Å². The van der Waals surface area contributed by atoms with Crippen LogP contribution in [0.15, 0.2) is 35.8 Å². The summed E-state index contributed by atoms with van der Waals surface area (Å²) in [6, 6.07) is 5.91. The van der Waals surface area contributed by atoms with E-state index in [0.717, 1.165) is 10.6 Å². The molecule has 0 saturated heterocycles. The molecule has 0 amide bonds. The topological polar surface area (TPSA) is 34.1 Å². The highest BCUT2D eigenvalue weighted by atomic mass is 32.1. The molecule has 7 heteroatoms. The number of hydrogen-bond acceptors (Lipinski definition) is 4. The molecule has 0 aliphatic carbocycles. The number of ether oxygens (including phenoxy) is 1. The predicted molar refractivity (Wildman–Crippen MR) is 75.4 cm³/mol. The maximum atomic E-state index is 12.2. The first-order valence-corrected chi connectivity index (χ1v) is 7.24. The minimum Gasteiger partial charge on any atom is -0.406 e. The molecule has 0 saturated carbocycles. The van der Waals surface area contributed by atoms with Gasteiger partial charge in [-0.25, -0.2) is 4.98 Å². The van der Waals surface area contributed by atoms with E-state index in [1.807, 2.05) is 19.2 Å². The molecule has 0 fully saturated rings. The number of hydrogen-bond donors (Lipinski definition) is 1. The maximum Gasteiger partial charge on any atom is 0.573 e. The molecule has 1 atom stereocenters. The van der Waals surface area contributed by atoms with E-state index in [1.165, 1.54) is 23.5 Å². The highest BCUT2D eigenvalue weighted by Crippen LogP contribution is 2.28. The van der Waals surface area contributed by atoms with Crippen molar-refractivity contribution in [2.75, 3.05) is 0 Å². The summed E-state index contributed by atoms with van der Waals surface area (Å²) in [6.07, 6.45) is -2.97. The summed E-state index contributed by atoms with van der Waals surface area (Å²) in [4.78, 5) is 4.27. The average Bonchev–Trinajstić information content (AvgIpc) is 2.88. The zero-order valence-corrected chi connectivity index (χ0v) is 12.3. The average molecular weight is 316 g/mol. The molecule has 2 aromatic rings. The van der Waals surface area contributed by atoms with Gasteiger partial charge in [0.15, 0.2) is 0 Å². The van der Waals surface area contributed by atoms with E-state index >= 15 is 0 Å². The van der Waals surface area contributed by atoms with Crippen molar-refractivity contribution < 1.29 is 17.9 Å². The molecule has 1 unspecified atom stereocenters. The van der Waals surface area contributed by atoms with Crippen molar-refractivity contribution in [2.45, 2.75) is 32.3 Å². The molecule has 114 valence electrons. The van der Waals surface area contributed by atoms with Gasteiger partial charge in [-0.2, -0.15) is 0 Å². The number of aromatic nitrogens is 1.